The molecule has 0 bridgehead atoms. The molecule has 3 heterocycles. The lowest BCUT2D eigenvalue weighted by Crippen LogP contribution is -2.27. The van der Waals surface area contributed by atoms with E-state index in [2.05, 4.69) is 26.0 Å². The van der Waals surface area contributed by atoms with E-state index in [1.54, 1.807) is 43.1 Å². The van der Waals surface area contributed by atoms with Crippen LogP contribution >= 0.6 is 0 Å². The number of aromatic nitrogens is 4. The molecule has 1 amide bonds. The van der Waals surface area contributed by atoms with Gasteiger partial charge in [0.25, 0.3) is 11.5 Å². The van der Waals surface area contributed by atoms with Gasteiger partial charge in [0.15, 0.2) is 5.65 Å². The zero-order chi connectivity index (χ0) is 21.7. The van der Waals surface area contributed by atoms with Crippen molar-refractivity contribution in [3.05, 3.63) is 46.5 Å². The summed E-state index contributed by atoms with van der Waals surface area (Å²) in [6.07, 6.45) is 3.28. The first-order valence-corrected chi connectivity index (χ1v) is 10.0. The molecule has 2 aliphatic carbocycles. The lowest BCUT2D eigenvalue weighted by atomic mass is 10.3. The molecule has 2 fully saturated rings. The van der Waals surface area contributed by atoms with E-state index in [0.29, 0.717) is 29.4 Å². The van der Waals surface area contributed by atoms with Gasteiger partial charge in [-0.2, -0.15) is 9.61 Å². The lowest BCUT2D eigenvalue weighted by Gasteiger charge is -2.11. The van der Waals surface area contributed by atoms with E-state index >= 15 is 0 Å². The standard InChI is InChI=1S/C20H22FN7O3/c1-22-17-8-16(24-12-4-3-5-27(20(12)30)14-7-15(14)31-2)26-18-10(9-23-28(17)18)19(29)25-13-6-11(13)21/h3-5,8-9,11,13-15,22H,6-7H2,1-2H3,(H,24,26)(H,25,29)/t11-,13+,14+,15+/m0/s1. The summed E-state index contributed by atoms with van der Waals surface area (Å²) in [5.74, 6) is 0.502. The maximum atomic E-state index is 13.2. The molecule has 0 radical (unpaired) electrons. The Morgan fingerprint density at radius 1 is 1.35 bits per heavy atom. The molecule has 0 saturated heterocycles. The number of nitrogens with one attached hydrogen (secondary N) is 3. The van der Waals surface area contributed by atoms with E-state index in [0.717, 1.165) is 6.42 Å². The van der Waals surface area contributed by atoms with Crippen molar-refractivity contribution in [2.45, 2.75) is 37.2 Å². The van der Waals surface area contributed by atoms with Crippen molar-refractivity contribution in [1.82, 2.24) is 24.5 Å². The van der Waals surface area contributed by atoms with Gasteiger partial charge in [0.1, 0.15) is 29.1 Å². The zero-order valence-corrected chi connectivity index (χ0v) is 17.0. The molecule has 162 valence electrons. The van der Waals surface area contributed by atoms with Crippen LogP contribution in [0.25, 0.3) is 5.65 Å². The molecule has 0 aliphatic heterocycles. The summed E-state index contributed by atoms with van der Waals surface area (Å²) in [5.41, 5.74) is 0.687. The predicted molar refractivity (Wildman–Crippen MR) is 112 cm³/mol. The molecule has 2 aliphatic rings. The number of hydrogen-bond donors (Lipinski definition) is 3. The van der Waals surface area contributed by atoms with E-state index in [4.69, 9.17) is 4.74 Å². The van der Waals surface area contributed by atoms with Gasteiger partial charge in [-0.15, -0.1) is 0 Å². The van der Waals surface area contributed by atoms with E-state index in [-0.39, 0.29) is 23.3 Å². The fourth-order valence-electron chi connectivity index (χ4n) is 3.63. The number of fused-ring (bicyclic) bond motifs is 1. The van der Waals surface area contributed by atoms with Crippen LogP contribution in [-0.2, 0) is 4.74 Å². The number of methoxy groups -OCH3 is 1. The molecule has 4 atom stereocenters. The number of halogens is 1. The topological polar surface area (TPSA) is 115 Å². The minimum absolute atomic E-state index is 0.0226. The van der Waals surface area contributed by atoms with Gasteiger partial charge in [0.05, 0.1) is 24.4 Å². The zero-order valence-electron chi connectivity index (χ0n) is 17.0. The molecule has 5 rings (SSSR count). The van der Waals surface area contributed by atoms with Crippen LogP contribution in [0.4, 0.5) is 21.7 Å². The lowest BCUT2D eigenvalue weighted by molar-refractivity contribution is 0.0949. The van der Waals surface area contributed by atoms with Crippen molar-refractivity contribution >= 4 is 28.9 Å². The third-order valence-corrected chi connectivity index (χ3v) is 5.60. The molecule has 0 spiro atoms. The second-order valence-electron chi connectivity index (χ2n) is 7.74. The number of alkyl halides is 1. The molecule has 3 aromatic rings. The Labute approximate surface area is 176 Å². The van der Waals surface area contributed by atoms with Crippen molar-refractivity contribution in [3.8, 4) is 0 Å². The van der Waals surface area contributed by atoms with Crippen molar-refractivity contribution in [1.29, 1.82) is 0 Å². The van der Waals surface area contributed by atoms with Crippen molar-refractivity contribution in [2.75, 3.05) is 24.8 Å². The Morgan fingerprint density at radius 3 is 2.84 bits per heavy atom. The van der Waals surface area contributed by atoms with Gasteiger partial charge in [-0.1, -0.05) is 0 Å². The van der Waals surface area contributed by atoms with Gasteiger partial charge in [-0.05, 0) is 18.6 Å². The maximum absolute atomic E-state index is 13.2. The van der Waals surface area contributed by atoms with Crippen LogP contribution in [0.15, 0.2) is 35.4 Å². The Bertz CT molecular complexity index is 1220. The monoisotopic (exact) mass is 427 g/mol. The van der Waals surface area contributed by atoms with Crippen LogP contribution in [0.1, 0.15) is 29.2 Å². The fraction of sp³-hybridized carbons (Fsp3) is 0.400. The van der Waals surface area contributed by atoms with Gasteiger partial charge >= 0.3 is 0 Å². The van der Waals surface area contributed by atoms with Crippen LogP contribution < -0.4 is 21.5 Å². The van der Waals surface area contributed by atoms with Gasteiger partial charge in [-0.3, -0.25) is 9.59 Å². The number of carbonyl (C=O) groups is 1. The molecule has 2 saturated carbocycles. The number of amides is 1. The minimum Gasteiger partial charge on any atom is -0.379 e. The van der Waals surface area contributed by atoms with Gasteiger partial charge in [0, 0.05) is 32.8 Å². The number of carbonyl (C=O) groups excluding carboxylic acids is 1. The van der Waals surface area contributed by atoms with Gasteiger partial charge in [0.2, 0.25) is 0 Å². The number of nitrogens with zero attached hydrogens (tertiary/aromatic N) is 4. The van der Waals surface area contributed by atoms with Crippen LogP contribution in [0.3, 0.4) is 0 Å². The summed E-state index contributed by atoms with van der Waals surface area (Å²) < 4.78 is 21.6. The van der Waals surface area contributed by atoms with E-state index < -0.39 is 18.1 Å². The van der Waals surface area contributed by atoms with Gasteiger partial charge < -0.3 is 25.3 Å². The van der Waals surface area contributed by atoms with Crippen molar-refractivity contribution in [2.24, 2.45) is 0 Å². The molecular formula is C20H22FN7O3. The molecule has 3 aromatic heterocycles. The smallest absolute Gasteiger partial charge is 0.274 e. The highest BCUT2D eigenvalue weighted by atomic mass is 19.1. The predicted octanol–water partition coefficient (Wildman–Crippen LogP) is 1.48. The molecule has 10 nitrogen and oxygen atoms in total. The Balaban J connectivity index is 1.48. The summed E-state index contributed by atoms with van der Waals surface area (Å²) in [7, 11) is 3.35. The number of hydrogen-bond acceptors (Lipinski definition) is 7. The highest BCUT2D eigenvalue weighted by Crippen LogP contribution is 2.37. The fourth-order valence-corrected chi connectivity index (χ4v) is 3.63. The first-order chi connectivity index (χ1) is 15.0. The molecule has 0 unspecified atom stereocenters. The van der Waals surface area contributed by atoms with Crippen LogP contribution in [0.2, 0.25) is 0 Å². The molecule has 0 aromatic carbocycles. The highest BCUT2D eigenvalue weighted by Gasteiger charge is 2.40. The van der Waals surface area contributed by atoms with Crippen LogP contribution in [0, 0.1) is 0 Å². The number of ether oxygens (including phenoxy) is 1. The Kier molecular flexibility index (Phi) is 4.62. The average molecular weight is 427 g/mol. The second kappa shape index (κ2) is 7.34. The Hall–Kier alpha value is -3.47. The third-order valence-electron chi connectivity index (χ3n) is 5.60. The quantitative estimate of drug-likeness (QED) is 0.523. The SMILES string of the molecule is CNc1cc(Nc2cccn([C@@H]3C[C@H]3OC)c2=O)nc2c(C(=O)N[C@@H]3C[C@@H]3F)cnn12. The Morgan fingerprint density at radius 2 is 2.16 bits per heavy atom. The van der Waals surface area contributed by atoms with Crippen LogP contribution in [0.5, 0.6) is 0 Å². The first-order valence-electron chi connectivity index (χ1n) is 10.0. The minimum atomic E-state index is -1.01. The summed E-state index contributed by atoms with van der Waals surface area (Å²) in [4.78, 5) is 29.9. The first kappa shape index (κ1) is 19.5. The van der Waals surface area contributed by atoms with E-state index in [9.17, 15) is 14.0 Å². The average Bonchev–Trinajstić information content (AvgIpc) is 3.65. The van der Waals surface area contributed by atoms with E-state index in [1.807, 2.05) is 0 Å². The summed E-state index contributed by atoms with van der Waals surface area (Å²) in [6, 6.07) is 4.70. The van der Waals surface area contributed by atoms with Crippen molar-refractivity contribution in [3.63, 3.8) is 0 Å². The summed E-state index contributed by atoms with van der Waals surface area (Å²) >= 11 is 0. The van der Waals surface area contributed by atoms with Gasteiger partial charge in [-0.25, -0.2) is 9.37 Å². The third kappa shape index (κ3) is 3.50. The second-order valence-corrected chi connectivity index (χ2v) is 7.74. The largest absolute Gasteiger partial charge is 0.379 e. The molecule has 3 N–H and O–H groups in total. The van der Waals surface area contributed by atoms with Crippen LogP contribution in [-0.4, -0.2) is 57.5 Å². The summed E-state index contributed by atoms with van der Waals surface area (Å²) in [5, 5.41) is 12.9. The van der Waals surface area contributed by atoms with Crippen molar-refractivity contribution < 1.29 is 13.9 Å². The highest BCUT2D eigenvalue weighted by molar-refractivity contribution is 6.00. The number of anilines is 3. The molecular weight excluding hydrogens is 405 g/mol. The maximum Gasteiger partial charge on any atom is 0.274 e. The molecule has 31 heavy (non-hydrogen) atoms. The summed E-state index contributed by atoms with van der Waals surface area (Å²) in [6.45, 7) is 0. The normalized spacial score (nSPS) is 24.1. The van der Waals surface area contributed by atoms with E-state index in [1.165, 1.54) is 10.7 Å². The molecule has 11 heteroatoms. The number of pyridine rings is 1. The number of rotatable bonds is 7.